The number of hydrogen-bond acceptors (Lipinski definition) is 5. The molecule has 9 heteroatoms. The van der Waals surface area contributed by atoms with E-state index in [1.807, 2.05) is 0 Å². The Morgan fingerprint density at radius 2 is 1.74 bits per heavy atom. The van der Waals surface area contributed by atoms with Crippen LogP contribution in [0.1, 0.15) is 16.1 Å². The molecule has 27 heavy (non-hydrogen) atoms. The topological polar surface area (TPSA) is 133 Å². The van der Waals surface area contributed by atoms with Crippen LogP contribution in [0, 0.1) is 10.1 Å². The molecule has 3 N–H and O–H groups in total. The first-order chi connectivity index (χ1) is 12.9. The van der Waals surface area contributed by atoms with Crippen molar-refractivity contribution in [1.82, 2.24) is 9.78 Å². The molecule has 0 unspecified atom stereocenters. The largest absolute Gasteiger partial charge is 0.364 e. The average Bonchev–Trinajstić information content (AvgIpc) is 3.13. The van der Waals surface area contributed by atoms with Crippen molar-refractivity contribution >= 4 is 23.2 Å². The van der Waals surface area contributed by atoms with Gasteiger partial charge in [-0.2, -0.15) is 5.10 Å². The lowest BCUT2D eigenvalue weighted by atomic mass is 10.1. The van der Waals surface area contributed by atoms with Crippen LogP contribution in [0.15, 0.2) is 60.8 Å². The fourth-order valence-corrected chi connectivity index (χ4v) is 2.42. The Hall–Kier alpha value is -4.01. The van der Waals surface area contributed by atoms with Gasteiger partial charge in [-0.15, -0.1) is 0 Å². The summed E-state index contributed by atoms with van der Waals surface area (Å²) < 4.78 is 1.50. The highest BCUT2D eigenvalue weighted by Crippen LogP contribution is 2.15. The Balaban J connectivity index is 1.62. The summed E-state index contributed by atoms with van der Waals surface area (Å²) in [6.07, 6.45) is 1.71. The molecule has 0 aliphatic carbocycles. The molecular formula is C18H15N5O4. The predicted molar refractivity (Wildman–Crippen MR) is 97.5 cm³/mol. The van der Waals surface area contributed by atoms with Crippen LogP contribution in [0.25, 0.3) is 5.69 Å². The van der Waals surface area contributed by atoms with Crippen LogP contribution in [0.3, 0.4) is 0 Å². The molecule has 0 saturated heterocycles. The summed E-state index contributed by atoms with van der Waals surface area (Å²) >= 11 is 0. The summed E-state index contributed by atoms with van der Waals surface area (Å²) in [7, 11) is 0. The van der Waals surface area contributed by atoms with Crippen LogP contribution < -0.4 is 11.1 Å². The van der Waals surface area contributed by atoms with E-state index in [1.54, 1.807) is 42.6 Å². The van der Waals surface area contributed by atoms with Gasteiger partial charge in [-0.25, -0.2) is 4.68 Å². The zero-order chi connectivity index (χ0) is 19.4. The van der Waals surface area contributed by atoms with Gasteiger partial charge in [-0.1, -0.05) is 12.1 Å². The van der Waals surface area contributed by atoms with E-state index >= 15 is 0 Å². The van der Waals surface area contributed by atoms with Gasteiger partial charge in [0.25, 0.3) is 11.6 Å². The van der Waals surface area contributed by atoms with E-state index < -0.39 is 10.8 Å². The van der Waals surface area contributed by atoms with Crippen LogP contribution in [-0.4, -0.2) is 26.5 Å². The molecule has 0 fully saturated rings. The Bertz CT molecular complexity index is 993. The molecule has 0 atom stereocenters. The van der Waals surface area contributed by atoms with E-state index in [2.05, 4.69) is 10.4 Å². The molecule has 2 aromatic carbocycles. The van der Waals surface area contributed by atoms with E-state index in [1.165, 1.54) is 22.9 Å². The van der Waals surface area contributed by atoms with E-state index in [0.29, 0.717) is 16.9 Å². The predicted octanol–water partition coefficient (Wildman–Crippen LogP) is 2.06. The molecule has 9 nitrogen and oxygen atoms in total. The smallest absolute Gasteiger partial charge is 0.269 e. The van der Waals surface area contributed by atoms with Gasteiger partial charge in [-0.05, 0) is 35.9 Å². The average molecular weight is 365 g/mol. The molecule has 3 rings (SSSR count). The number of anilines is 1. The van der Waals surface area contributed by atoms with Gasteiger partial charge < -0.3 is 11.1 Å². The van der Waals surface area contributed by atoms with Crippen molar-refractivity contribution in [2.75, 3.05) is 5.32 Å². The Kier molecular flexibility index (Phi) is 4.93. The molecule has 0 aliphatic heterocycles. The van der Waals surface area contributed by atoms with Gasteiger partial charge >= 0.3 is 0 Å². The molecule has 136 valence electrons. The molecule has 0 aliphatic rings. The van der Waals surface area contributed by atoms with Gasteiger partial charge in [-0.3, -0.25) is 19.7 Å². The minimum absolute atomic E-state index is 0.0205. The summed E-state index contributed by atoms with van der Waals surface area (Å²) in [5.74, 6) is -0.851. The second-order valence-corrected chi connectivity index (χ2v) is 5.71. The zero-order valence-corrected chi connectivity index (χ0v) is 14.0. The Morgan fingerprint density at radius 3 is 2.30 bits per heavy atom. The van der Waals surface area contributed by atoms with Crippen molar-refractivity contribution in [1.29, 1.82) is 0 Å². The van der Waals surface area contributed by atoms with Crippen molar-refractivity contribution in [3.8, 4) is 5.69 Å². The number of amides is 2. The molecule has 1 aromatic heterocycles. The fourth-order valence-electron chi connectivity index (χ4n) is 2.42. The van der Waals surface area contributed by atoms with E-state index in [9.17, 15) is 19.7 Å². The van der Waals surface area contributed by atoms with Crippen molar-refractivity contribution in [3.63, 3.8) is 0 Å². The van der Waals surface area contributed by atoms with Gasteiger partial charge in [0.05, 0.1) is 17.0 Å². The lowest BCUT2D eigenvalue weighted by Gasteiger charge is -2.07. The third kappa shape index (κ3) is 4.34. The van der Waals surface area contributed by atoms with Gasteiger partial charge in [0.15, 0.2) is 0 Å². The van der Waals surface area contributed by atoms with Gasteiger partial charge in [0, 0.05) is 24.0 Å². The number of carbonyl (C=O) groups is 2. The quantitative estimate of drug-likeness (QED) is 0.509. The zero-order valence-electron chi connectivity index (χ0n) is 14.0. The van der Waals surface area contributed by atoms with Crippen molar-refractivity contribution in [2.24, 2.45) is 5.73 Å². The molecule has 2 amide bonds. The fraction of sp³-hybridized carbons (Fsp3) is 0.0556. The summed E-state index contributed by atoms with van der Waals surface area (Å²) in [5.41, 5.74) is 7.28. The number of nitrogens with two attached hydrogens (primary N) is 1. The maximum absolute atomic E-state index is 12.1. The van der Waals surface area contributed by atoms with E-state index in [-0.39, 0.29) is 23.7 Å². The number of hydrogen-bond donors (Lipinski definition) is 2. The van der Waals surface area contributed by atoms with Crippen LogP contribution in [0.4, 0.5) is 11.4 Å². The molecule has 0 saturated carbocycles. The first-order valence-corrected chi connectivity index (χ1v) is 7.91. The van der Waals surface area contributed by atoms with Crippen LogP contribution in [0.5, 0.6) is 0 Å². The number of non-ortho nitro benzene ring substituents is 1. The van der Waals surface area contributed by atoms with Crippen molar-refractivity contribution in [3.05, 3.63) is 82.2 Å². The standard InChI is InChI=1S/C18H15N5O4/c19-18(25)16-9-10-22(21-16)14-7-3-13(4-8-14)20-17(24)11-12-1-5-15(6-2-12)23(26)27/h1-10H,11H2,(H2,19,25)(H,20,24). The first kappa shape index (κ1) is 17.8. The highest BCUT2D eigenvalue weighted by Gasteiger charge is 2.09. The van der Waals surface area contributed by atoms with E-state index in [0.717, 1.165) is 0 Å². The highest BCUT2D eigenvalue weighted by atomic mass is 16.6. The Labute approximate surface area is 153 Å². The lowest BCUT2D eigenvalue weighted by molar-refractivity contribution is -0.384. The number of nitrogens with zero attached hydrogens (tertiary/aromatic N) is 3. The third-order valence-corrected chi connectivity index (χ3v) is 3.77. The number of aromatic nitrogens is 2. The van der Waals surface area contributed by atoms with Gasteiger partial charge in [0.2, 0.25) is 5.91 Å². The van der Waals surface area contributed by atoms with Crippen molar-refractivity contribution in [2.45, 2.75) is 6.42 Å². The molecule has 3 aromatic rings. The van der Waals surface area contributed by atoms with Gasteiger partial charge in [0.1, 0.15) is 5.69 Å². The number of nitro groups is 1. The third-order valence-electron chi connectivity index (χ3n) is 3.77. The summed E-state index contributed by atoms with van der Waals surface area (Å²) in [6, 6.07) is 14.2. The minimum atomic E-state index is -0.608. The van der Waals surface area contributed by atoms with Crippen LogP contribution >= 0.6 is 0 Å². The number of nitrogens with one attached hydrogen (secondary N) is 1. The van der Waals surface area contributed by atoms with E-state index in [4.69, 9.17) is 5.73 Å². The summed E-state index contributed by atoms with van der Waals surface area (Å²) in [5, 5.41) is 17.4. The number of carbonyl (C=O) groups excluding carboxylic acids is 2. The van der Waals surface area contributed by atoms with Crippen LogP contribution in [0.2, 0.25) is 0 Å². The number of rotatable bonds is 6. The van der Waals surface area contributed by atoms with Crippen molar-refractivity contribution < 1.29 is 14.5 Å². The Morgan fingerprint density at radius 1 is 1.07 bits per heavy atom. The number of benzene rings is 2. The number of nitro benzene ring substituents is 1. The second kappa shape index (κ2) is 7.48. The monoisotopic (exact) mass is 365 g/mol. The molecular weight excluding hydrogens is 350 g/mol. The SMILES string of the molecule is NC(=O)c1ccn(-c2ccc(NC(=O)Cc3ccc([N+](=O)[O-])cc3)cc2)n1. The normalized spacial score (nSPS) is 10.4. The molecule has 1 heterocycles. The minimum Gasteiger partial charge on any atom is -0.364 e. The maximum Gasteiger partial charge on any atom is 0.269 e. The number of primary amides is 1. The summed E-state index contributed by atoms with van der Waals surface area (Å²) in [4.78, 5) is 33.4. The highest BCUT2D eigenvalue weighted by molar-refractivity contribution is 5.92. The lowest BCUT2D eigenvalue weighted by Crippen LogP contribution is -2.14. The van der Waals surface area contributed by atoms with Crippen LogP contribution in [-0.2, 0) is 11.2 Å². The molecule has 0 radical (unpaired) electrons. The summed E-state index contributed by atoms with van der Waals surface area (Å²) in [6.45, 7) is 0. The first-order valence-electron chi connectivity index (χ1n) is 7.91. The second-order valence-electron chi connectivity index (χ2n) is 5.71. The maximum atomic E-state index is 12.1. The molecule has 0 bridgehead atoms. The molecule has 0 spiro atoms.